The zero-order valence-corrected chi connectivity index (χ0v) is 34.9. The maximum atomic E-state index is 15.3. The fourth-order valence-corrected chi connectivity index (χ4v) is 7.90. The average Bonchev–Trinajstić information content (AvgIpc) is 3.58. The number of nitrogens with one attached hydrogen (secondary N) is 1. The van der Waals surface area contributed by atoms with Crippen molar-refractivity contribution < 1.29 is 32.6 Å². The first-order valence-corrected chi connectivity index (χ1v) is 22.4. The van der Waals surface area contributed by atoms with E-state index in [9.17, 15) is 9.18 Å². The van der Waals surface area contributed by atoms with Crippen molar-refractivity contribution in [1.82, 2.24) is 4.90 Å². The summed E-state index contributed by atoms with van der Waals surface area (Å²) in [4.78, 5) is 30.0. The fourth-order valence-electron chi connectivity index (χ4n) is 6.29. The Morgan fingerprint density at radius 3 is 2.18 bits per heavy atom. The second kappa shape index (κ2) is 18.0. The summed E-state index contributed by atoms with van der Waals surface area (Å²) in [7, 11) is -2.45. The lowest BCUT2D eigenvalue weighted by Gasteiger charge is -2.40. The molecule has 1 aliphatic heterocycles. The van der Waals surface area contributed by atoms with E-state index in [1.807, 2.05) is 109 Å². The summed E-state index contributed by atoms with van der Waals surface area (Å²) in [6.07, 6.45) is -2.75. The van der Waals surface area contributed by atoms with Gasteiger partial charge in [-0.1, -0.05) is 134 Å². The second-order valence-electron chi connectivity index (χ2n) is 15.3. The lowest BCUT2D eigenvalue weighted by atomic mass is 9.97. The molecule has 6 rings (SSSR count). The van der Waals surface area contributed by atoms with E-state index >= 15 is 4.79 Å². The van der Waals surface area contributed by atoms with Crippen molar-refractivity contribution in [3.05, 3.63) is 166 Å². The van der Waals surface area contributed by atoms with E-state index in [0.717, 1.165) is 20.5 Å². The van der Waals surface area contributed by atoms with Crippen molar-refractivity contribution in [2.24, 2.45) is 0 Å². The van der Waals surface area contributed by atoms with E-state index in [2.05, 4.69) is 55.1 Å². The van der Waals surface area contributed by atoms with Crippen LogP contribution in [0.3, 0.4) is 0 Å². The highest BCUT2D eigenvalue weighted by Gasteiger charge is 2.46. The lowest BCUT2D eigenvalue weighted by Crippen LogP contribution is -2.48. The van der Waals surface area contributed by atoms with Crippen LogP contribution in [0.1, 0.15) is 61.2 Å². The summed E-state index contributed by atoms with van der Waals surface area (Å²) in [5.74, 6) is -0.468. The Balaban J connectivity index is 1.47. The number of carbonyl (C=O) groups is 2. The molecule has 1 aliphatic rings. The number of rotatable bonds is 15. The number of imide groups is 1. The molecule has 2 amide bonds. The van der Waals surface area contributed by atoms with Crippen molar-refractivity contribution in [3.8, 4) is 5.75 Å². The zero-order valence-electron chi connectivity index (χ0n) is 32.3. The molecule has 1 heterocycles. The van der Waals surface area contributed by atoms with Crippen LogP contribution in [0.5, 0.6) is 5.75 Å². The number of carbonyl (C=O) groups excluding carboxylic acids is 2. The molecule has 0 radical (unpaired) electrons. The standard InChI is InChI=1S/C45H48BrFN2O6Si/c1-45(2,3)56(4,5)55-40(33-21-24-35(47)25-22-33)30-53-42(43(50)49-38(29-54-44(49)51)32-17-11-7-12-18-32)41(48-36-19-13-8-14-20-36)37-26-23-34(46)27-39(37)52-28-31-15-9-6-10-16-31/h6-27,38,40-42,48H,28-30H2,1-5H3/t38-,40-,41-,42-/m1/s1. The van der Waals surface area contributed by atoms with Crippen LogP contribution in [-0.4, -0.2) is 44.5 Å². The highest BCUT2D eigenvalue weighted by molar-refractivity contribution is 9.10. The topological polar surface area (TPSA) is 86.3 Å². The van der Waals surface area contributed by atoms with Gasteiger partial charge in [-0.05, 0) is 71.2 Å². The molecule has 11 heteroatoms. The third-order valence-corrected chi connectivity index (χ3v) is 15.4. The predicted molar refractivity (Wildman–Crippen MR) is 222 cm³/mol. The molecule has 4 atom stereocenters. The van der Waals surface area contributed by atoms with E-state index in [1.54, 1.807) is 12.1 Å². The zero-order chi connectivity index (χ0) is 39.9. The highest BCUT2D eigenvalue weighted by Crippen LogP contribution is 2.42. The molecule has 1 N–H and O–H groups in total. The number of amides is 2. The Morgan fingerprint density at radius 1 is 0.911 bits per heavy atom. The van der Waals surface area contributed by atoms with Crippen LogP contribution >= 0.6 is 15.9 Å². The Morgan fingerprint density at radius 2 is 1.54 bits per heavy atom. The largest absolute Gasteiger partial charge is 0.488 e. The number of halogens is 2. The van der Waals surface area contributed by atoms with E-state index in [0.29, 0.717) is 22.6 Å². The van der Waals surface area contributed by atoms with Crippen molar-refractivity contribution >= 4 is 41.9 Å². The van der Waals surface area contributed by atoms with Gasteiger partial charge in [0, 0.05) is 15.7 Å². The third kappa shape index (κ3) is 9.94. The Labute approximate surface area is 338 Å². The van der Waals surface area contributed by atoms with Gasteiger partial charge in [0.05, 0.1) is 18.8 Å². The maximum Gasteiger partial charge on any atom is 0.417 e. The van der Waals surface area contributed by atoms with Gasteiger partial charge in [0.25, 0.3) is 5.91 Å². The molecule has 0 aromatic heterocycles. The molecule has 1 fully saturated rings. The number of anilines is 1. The minimum atomic E-state index is -2.45. The van der Waals surface area contributed by atoms with Crippen LogP contribution in [0, 0.1) is 5.82 Å². The van der Waals surface area contributed by atoms with E-state index in [1.165, 1.54) is 12.1 Å². The minimum absolute atomic E-state index is 0.00546. The Bertz CT molecular complexity index is 2070. The minimum Gasteiger partial charge on any atom is -0.488 e. The number of ether oxygens (including phenoxy) is 3. The van der Waals surface area contributed by atoms with Crippen molar-refractivity contribution in [3.63, 3.8) is 0 Å². The SMILES string of the molecule is CC(C)(C)[Si](C)(C)O[C@H](CO[C@@H](C(=O)N1C(=O)OC[C@@H]1c1ccccc1)[C@H](Nc1ccccc1)c1ccc(Br)cc1OCc1ccccc1)c1ccc(F)cc1. The van der Waals surface area contributed by atoms with Gasteiger partial charge in [0.2, 0.25) is 0 Å². The average molecular weight is 840 g/mol. The van der Waals surface area contributed by atoms with Crippen LogP contribution in [0.25, 0.3) is 0 Å². The molecule has 1 saturated heterocycles. The van der Waals surface area contributed by atoms with E-state index in [-0.39, 0.29) is 30.7 Å². The molecule has 0 saturated carbocycles. The fraction of sp³-hybridized carbons (Fsp3) is 0.289. The van der Waals surface area contributed by atoms with Gasteiger partial charge in [-0.3, -0.25) is 4.79 Å². The van der Waals surface area contributed by atoms with E-state index < -0.39 is 44.6 Å². The molecule has 0 spiro atoms. The van der Waals surface area contributed by atoms with Gasteiger partial charge < -0.3 is 24.0 Å². The first-order valence-electron chi connectivity index (χ1n) is 18.7. The van der Waals surface area contributed by atoms with Crippen LogP contribution < -0.4 is 10.1 Å². The molecule has 8 nitrogen and oxygen atoms in total. The molecule has 5 aromatic carbocycles. The van der Waals surface area contributed by atoms with Crippen molar-refractivity contribution in [2.75, 3.05) is 18.5 Å². The van der Waals surface area contributed by atoms with Gasteiger partial charge in [0.1, 0.15) is 30.8 Å². The maximum absolute atomic E-state index is 15.3. The van der Waals surface area contributed by atoms with Crippen LogP contribution in [0.2, 0.25) is 18.1 Å². The molecule has 0 aliphatic carbocycles. The number of nitrogens with zero attached hydrogens (tertiary/aromatic N) is 1. The second-order valence-corrected chi connectivity index (χ2v) is 21.0. The Hall–Kier alpha value is -4.81. The summed E-state index contributed by atoms with van der Waals surface area (Å²) >= 11 is 3.62. The number of hydrogen-bond donors (Lipinski definition) is 1. The van der Waals surface area contributed by atoms with Crippen LogP contribution in [0.15, 0.2) is 138 Å². The molecule has 56 heavy (non-hydrogen) atoms. The Kier molecular flexibility index (Phi) is 13.1. The molecule has 0 unspecified atom stereocenters. The quantitative estimate of drug-likeness (QED) is 0.105. The predicted octanol–water partition coefficient (Wildman–Crippen LogP) is 11.2. The summed E-state index contributed by atoms with van der Waals surface area (Å²) in [6.45, 7) is 10.9. The molecular formula is C45H48BrFN2O6Si. The summed E-state index contributed by atoms with van der Waals surface area (Å²) in [6, 6.07) is 38.8. The number of cyclic esters (lactones) is 1. The summed E-state index contributed by atoms with van der Waals surface area (Å²) < 4.78 is 40.9. The van der Waals surface area contributed by atoms with Crippen LogP contribution in [-0.2, 0) is 25.3 Å². The van der Waals surface area contributed by atoms with Crippen molar-refractivity contribution in [1.29, 1.82) is 0 Å². The van der Waals surface area contributed by atoms with Gasteiger partial charge in [0.15, 0.2) is 14.4 Å². The molecular weight excluding hydrogens is 791 g/mol. The molecule has 292 valence electrons. The smallest absolute Gasteiger partial charge is 0.417 e. The normalized spacial score (nSPS) is 16.2. The lowest BCUT2D eigenvalue weighted by molar-refractivity contribution is -0.145. The number of hydrogen-bond acceptors (Lipinski definition) is 7. The first-order chi connectivity index (χ1) is 26.8. The monoisotopic (exact) mass is 838 g/mol. The third-order valence-electron chi connectivity index (χ3n) is 10.4. The first kappa shape index (κ1) is 40.8. The van der Waals surface area contributed by atoms with Gasteiger partial charge >= 0.3 is 6.09 Å². The number of para-hydroxylation sites is 1. The summed E-state index contributed by atoms with van der Waals surface area (Å²) in [5.41, 5.74) is 3.75. The summed E-state index contributed by atoms with van der Waals surface area (Å²) in [5, 5.41) is 3.40. The van der Waals surface area contributed by atoms with E-state index in [4.69, 9.17) is 18.6 Å². The van der Waals surface area contributed by atoms with Gasteiger partial charge in [-0.25, -0.2) is 14.1 Å². The highest BCUT2D eigenvalue weighted by atomic mass is 79.9. The number of benzene rings is 5. The molecule has 0 bridgehead atoms. The van der Waals surface area contributed by atoms with Gasteiger partial charge in [-0.2, -0.15) is 0 Å². The van der Waals surface area contributed by atoms with Crippen LogP contribution in [0.4, 0.5) is 14.9 Å². The van der Waals surface area contributed by atoms with Crippen molar-refractivity contribution in [2.45, 2.75) is 69.8 Å². The van der Waals surface area contributed by atoms with Gasteiger partial charge in [-0.15, -0.1) is 0 Å². The molecule has 5 aromatic rings.